The van der Waals surface area contributed by atoms with Gasteiger partial charge in [-0.3, -0.25) is 0 Å². The van der Waals surface area contributed by atoms with Crippen LogP contribution in [0.15, 0.2) is 36.5 Å². The minimum atomic E-state index is -4.56. The van der Waals surface area contributed by atoms with Gasteiger partial charge in [0.1, 0.15) is 5.75 Å². The van der Waals surface area contributed by atoms with E-state index in [2.05, 4.69) is 20.3 Å². The summed E-state index contributed by atoms with van der Waals surface area (Å²) in [6.07, 6.45) is -2.96. The van der Waals surface area contributed by atoms with Crippen molar-refractivity contribution in [1.82, 2.24) is 24.8 Å². The number of fused-ring (bicyclic) bond motifs is 1. The molecule has 0 aliphatic heterocycles. The van der Waals surface area contributed by atoms with Gasteiger partial charge in [0, 0.05) is 29.0 Å². The van der Waals surface area contributed by atoms with E-state index < -0.39 is 11.7 Å². The van der Waals surface area contributed by atoms with E-state index in [9.17, 15) is 13.2 Å². The molecule has 0 radical (unpaired) electrons. The molecule has 160 valence electrons. The molecule has 4 aromatic rings. The summed E-state index contributed by atoms with van der Waals surface area (Å²) in [6.45, 7) is 3.54. The Labute approximate surface area is 179 Å². The molecule has 0 saturated heterocycles. The topological polar surface area (TPSA) is 74.4 Å². The molecule has 0 N–H and O–H groups in total. The number of methoxy groups -OCH3 is 1. The van der Waals surface area contributed by atoms with Gasteiger partial charge in [-0.25, -0.2) is 4.98 Å². The third kappa shape index (κ3) is 3.98. The number of ether oxygens (including phenoxy) is 2. The van der Waals surface area contributed by atoms with Crippen molar-refractivity contribution in [2.75, 3.05) is 7.11 Å². The molecular formula is C20H15ClF3N5O2. The lowest BCUT2D eigenvalue weighted by Crippen LogP contribution is -2.06. The van der Waals surface area contributed by atoms with E-state index in [1.165, 1.54) is 23.8 Å². The van der Waals surface area contributed by atoms with Crippen LogP contribution in [0.1, 0.15) is 16.7 Å². The Morgan fingerprint density at radius 3 is 2.52 bits per heavy atom. The monoisotopic (exact) mass is 449 g/mol. The van der Waals surface area contributed by atoms with Crippen molar-refractivity contribution < 1.29 is 22.6 Å². The summed E-state index contributed by atoms with van der Waals surface area (Å²) in [4.78, 5) is 4.20. The molecule has 1 aromatic carbocycles. The van der Waals surface area contributed by atoms with Crippen LogP contribution in [-0.2, 0) is 6.18 Å². The number of rotatable bonds is 4. The molecular weight excluding hydrogens is 435 g/mol. The predicted molar refractivity (Wildman–Crippen MR) is 107 cm³/mol. The second kappa shape index (κ2) is 7.69. The van der Waals surface area contributed by atoms with Crippen molar-refractivity contribution >= 4 is 17.2 Å². The Morgan fingerprint density at radius 1 is 1.03 bits per heavy atom. The standard InChI is InChI=1S/C20H15ClF3N5O2/c1-10-6-14(18(30-3)25-9-10)13-5-4-12(20(22,23)24)8-15(13)31-16-7-11(2)17-26-27-19(21)29(17)28-16/h4-9H,1-3H3. The van der Waals surface area contributed by atoms with Crippen LogP contribution < -0.4 is 9.47 Å². The Kier molecular flexibility index (Phi) is 5.18. The largest absolute Gasteiger partial charge is 0.481 e. The summed E-state index contributed by atoms with van der Waals surface area (Å²) in [5.41, 5.74) is 1.81. The van der Waals surface area contributed by atoms with Crippen LogP contribution in [0.2, 0.25) is 5.28 Å². The van der Waals surface area contributed by atoms with Crippen LogP contribution in [0.5, 0.6) is 17.5 Å². The highest BCUT2D eigenvalue weighted by Crippen LogP contribution is 2.41. The van der Waals surface area contributed by atoms with E-state index in [1.54, 1.807) is 19.2 Å². The Morgan fingerprint density at radius 2 is 1.81 bits per heavy atom. The fourth-order valence-electron chi connectivity index (χ4n) is 3.05. The molecule has 3 heterocycles. The van der Waals surface area contributed by atoms with Crippen molar-refractivity contribution in [2.45, 2.75) is 20.0 Å². The van der Waals surface area contributed by atoms with Crippen molar-refractivity contribution in [3.63, 3.8) is 0 Å². The maximum absolute atomic E-state index is 13.4. The Balaban J connectivity index is 1.89. The maximum Gasteiger partial charge on any atom is 0.416 e. The number of aryl methyl sites for hydroxylation is 2. The number of halogens is 4. The van der Waals surface area contributed by atoms with Gasteiger partial charge in [-0.1, -0.05) is 0 Å². The van der Waals surface area contributed by atoms with Gasteiger partial charge in [-0.05, 0) is 55.3 Å². The van der Waals surface area contributed by atoms with Crippen LogP contribution >= 0.6 is 11.6 Å². The summed E-state index contributed by atoms with van der Waals surface area (Å²) in [7, 11) is 1.43. The molecule has 0 spiro atoms. The van der Waals surface area contributed by atoms with Gasteiger partial charge in [0.15, 0.2) is 5.65 Å². The number of pyridine rings is 1. The van der Waals surface area contributed by atoms with Gasteiger partial charge < -0.3 is 9.47 Å². The maximum atomic E-state index is 13.4. The Bertz CT molecular complexity index is 1290. The number of aromatic nitrogens is 5. The molecule has 0 aliphatic rings. The number of hydrogen-bond donors (Lipinski definition) is 0. The van der Waals surface area contributed by atoms with E-state index in [1.807, 2.05) is 6.92 Å². The normalized spacial score (nSPS) is 11.7. The average Bonchev–Trinajstić information content (AvgIpc) is 3.08. The summed E-state index contributed by atoms with van der Waals surface area (Å²) in [5.74, 6) is 0.194. The predicted octanol–water partition coefficient (Wildman–Crippen LogP) is 5.28. The first-order valence-corrected chi connectivity index (χ1v) is 9.34. The third-order valence-corrected chi connectivity index (χ3v) is 4.72. The quantitative estimate of drug-likeness (QED) is 0.422. The van der Waals surface area contributed by atoms with Crippen molar-refractivity contribution in [3.8, 4) is 28.6 Å². The smallest absolute Gasteiger partial charge is 0.416 e. The fourth-order valence-corrected chi connectivity index (χ4v) is 3.21. The van der Waals surface area contributed by atoms with E-state index in [0.717, 1.165) is 17.7 Å². The van der Waals surface area contributed by atoms with Gasteiger partial charge in [0.25, 0.3) is 0 Å². The third-order valence-electron chi connectivity index (χ3n) is 4.49. The number of alkyl halides is 3. The van der Waals surface area contributed by atoms with Crippen LogP contribution in [0, 0.1) is 13.8 Å². The van der Waals surface area contributed by atoms with Crippen LogP contribution in [0.25, 0.3) is 16.8 Å². The average molecular weight is 450 g/mol. The summed E-state index contributed by atoms with van der Waals surface area (Å²) in [6, 6.07) is 6.48. The number of hydrogen-bond acceptors (Lipinski definition) is 6. The first-order chi connectivity index (χ1) is 14.7. The first-order valence-electron chi connectivity index (χ1n) is 8.96. The summed E-state index contributed by atoms with van der Waals surface area (Å²) < 4.78 is 52.5. The zero-order chi connectivity index (χ0) is 22.3. The molecule has 7 nitrogen and oxygen atoms in total. The van der Waals surface area contributed by atoms with E-state index in [4.69, 9.17) is 21.1 Å². The van der Waals surface area contributed by atoms with Crippen LogP contribution in [0.4, 0.5) is 13.2 Å². The van der Waals surface area contributed by atoms with Gasteiger partial charge in [-0.2, -0.15) is 17.7 Å². The molecule has 0 atom stereocenters. The molecule has 0 bridgehead atoms. The summed E-state index contributed by atoms with van der Waals surface area (Å²) in [5, 5.41) is 11.8. The van der Waals surface area contributed by atoms with Crippen LogP contribution in [0.3, 0.4) is 0 Å². The lowest BCUT2D eigenvalue weighted by molar-refractivity contribution is -0.137. The molecule has 11 heteroatoms. The molecule has 31 heavy (non-hydrogen) atoms. The minimum absolute atomic E-state index is 0.00244. The van der Waals surface area contributed by atoms with Crippen molar-refractivity contribution in [1.29, 1.82) is 0 Å². The Hall–Kier alpha value is -3.40. The van der Waals surface area contributed by atoms with E-state index in [0.29, 0.717) is 22.3 Å². The highest BCUT2D eigenvalue weighted by atomic mass is 35.5. The molecule has 4 rings (SSSR count). The minimum Gasteiger partial charge on any atom is -0.481 e. The lowest BCUT2D eigenvalue weighted by atomic mass is 10.0. The second-order valence-corrected chi connectivity index (χ2v) is 7.09. The number of nitrogens with zero attached hydrogens (tertiary/aromatic N) is 5. The van der Waals surface area contributed by atoms with Crippen molar-refractivity contribution in [2.24, 2.45) is 0 Å². The van der Waals surface area contributed by atoms with E-state index >= 15 is 0 Å². The van der Waals surface area contributed by atoms with Gasteiger partial charge in [-0.15, -0.1) is 15.3 Å². The SMILES string of the molecule is COc1ncc(C)cc1-c1ccc(C(F)(F)F)cc1Oc1cc(C)c2nnc(Cl)n2n1. The molecule has 0 fully saturated rings. The van der Waals surface area contributed by atoms with Gasteiger partial charge in [0.2, 0.25) is 17.0 Å². The van der Waals surface area contributed by atoms with Crippen molar-refractivity contribution in [3.05, 3.63) is 58.5 Å². The zero-order valence-corrected chi connectivity index (χ0v) is 17.3. The zero-order valence-electron chi connectivity index (χ0n) is 16.5. The molecule has 0 saturated carbocycles. The lowest BCUT2D eigenvalue weighted by Gasteiger charge is -2.16. The van der Waals surface area contributed by atoms with Crippen LogP contribution in [-0.4, -0.2) is 31.9 Å². The van der Waals surface area contributed by atoms with E-state index in [-0.39, 0.29) is 22.8 Å². The van der Waals surface area contributed by atoms with Gasteiger partial charge >= 0.3 is 6.18 Å². The molecule has 3 aromatic heterocycles. The fraction of sp³-hybridized carbons (Fsp3) is 0.200. The number of benzene rings is 1. The molecule has 0 aliphatic carbocycles. The highest BCUT2D eigenvalue weighted by Gasteiger charge is 2.32. The molecule has 0 amide bonds. The van der Waals surface area contributed by atoms with Gasteiger partial charge in [0.05, 0.1) is 12.7 Å². The summed E-state index contributed by atoms with van der Waals surface area (Å²) >= 11 is 5.99. The highest BCUT2D eigenvalue weighted by molar-refractivity contribution is 6.28. The second-order valence-electron chi connectivity index (χ2n) is 6.75. The molecule has 0 unspecified atom stereocenters. The first kappa shape index (κ1) is 20.9.